The smallest absolute Gasteiger partial charge is 0.225 e. The van der Waals surface area contributed by atoms with Crippen molar-refractivity contribution in [1.29, 1.82) is 0 Å². The van der Waals surface area contributed by atoms with Gasteiger partial charge in [-0.2, -0.15) is 0 Å². The van der Waals surface area contributed by atoms with E-state index < -0.39 is 0 Å². The molecule has 25 heavy (non-hydrogen) atoms. The van der Waals surface area contributed by atoms with E-state index >= 15 is 0 Å². The molecule has 5 nitrogen and oxygen atoms in total. The third-order valence-electron chi connectivity index (χ3n) is 5.38. The Morgan fingerprint density at radius 1 is 1.24 bits per heavy atom. The Morgan fingerprint density at radius 2 is 2.00 bits per heavy atom. The van der Waals surface area contributed by atoms with Gasteiger partial charge in [-0.05, 0) is 43.4 Å². The maximum absolute atomic E-state index is 13.2. The molecular weight excluding hydrogens is 323 g/mol. The van der Waals surface area contributed by atoms with Crippen LogP contribution in [0.3, 0.4) is 0 Å². The topological polar surface area (TPSA) is 58.6 Å². The minimum Gasteiger partial charge on any atom is -0.376 e. The summed E-state index contributed by atoms with van der Waals surface area (Å²) in [6.45, 7) is 1.19. The minimum absolute atomic E-state index is 0.0816. The van der Waals surface area contributed by atoms with Crippen molar-refractivity contribution in [3.05, 3.63) is 35.6 Å². The van der Waals surface area contributed by atoms with Gasteiger partial charge in [-0.25, -0.2) is 4.39 Å². The van der Waals surface area contributed by atoms with Gasteiger partial charge < -0.3 is 15.0 Å². The molecular formula is C19H23FN2O3. The van der Waals surface area contributed by atoms with Crippen LogP contribution in [0.4, 0.5) is 4.39 Å². The van der Waals surface area contributed by atoms with Gasteiger partial charge in [-0.15, -0.1) is 0 Å². The second-order valence-electron chi connectivity index (χ2n) is 7.27. The van der Waals surface area contributed by atoms with Gasteiger partial charge in [0.2, 0.25) is 11.8 Å². The fourth-order valence-electron chi connectivity index (χ4n) is 3.84. The number of rotatable bonds is 5. The maximum Gasteiger partial charge on any atom is 0.225 e. The summed E-state index contributed by atoms with van der Waals surface area (Å²) < 4.78 is 19.0. The monoisotopic (exact) mass is 346 g/mol. The molecule has 1 aromatic carbocycles. The van der Waals surface area contributed by atoms with Gasteiger partial charge in [0.1, 0.15) is 5.82 Å². The second-order valence-corrected chi connectivity index (χ2v) is 7.27. The van der Waals surface area contributed by atoms with Crippen LogP contribution >= 0.6 is 0 Å². The highest BCUT2D eigenvalue weighted by atomic mass is 19.1. The number of hydrogen-bond donors (Lipinski definition) is 1. The lowest BCUT2D eigenvalue weighted by atomic mass is 9.97. The van der Waals surface area contributed by atoms with Crippen LogP contribution in [0.5, 0.6) is 0 Å². The first-order valence-electron chi connectivity index (χ1n) is 9.09. The summed E-state index contributed by atoms with van der Waals surface area (Å²) in [7, 11) is 0. The summed E-state index contributed by atoms with van der Waals surface area (Å²) in [6.07, 6.45) is 4.09. The first-order valence-corrected chi connectivity index (χ1v) is 9.09. The van der Waals surface area contributed by atoms with E-state index in [2.05, 4.69) is 5.32 Å². The van der Waals surface area contributed by atoms with Gasteiger partial charge in [0.05, 0.1) is 18.1 Å². The van der Waals surface area contributed by atoms with Crippen LogP contribution < -0.4 is 5.32 Å². The van der Waals surface area contributed by atoms with E-state index in [1.54, 1.807) is 12.1 Å². The number of carbonyl (C=O) groups excluding carboxylic acids is 2. The number of nitrogens with one attached hydrogen (secondary N) is 1. The zero-order valence-electron chi connectivity index (χ0n) is 14.1. The van der Waals surface area contributed by atoms with E-state index in [1.807, 2.05) is 4.90 Å². The molecule has 3 atom stereocenters. The zero-order valence-corrected chi connectivity index (χ0v) is 14.1. The van der Waals surface area contributed by atoms with Gasteiger partial charge >= 0.3 is 0 Å². The standard InChI is InChI=1S/C19H23FN2O3/c20-14-5-3-12(4-6-14)18(16-2-1-9-25-16)21-19(24)13-10-17(23)22(11-13)15-7-8-15/h3-6,13,15-16,18H,1-2,7-11H2,(H,21,24)/t13-,16-,18-/m1/s1. The largest absolute Gasteiger partial charge is 0.376 e. The summed E-state index contributed by atoms with van der Waals surface area (Å²) >= 11 is 0. The van der Waals surface area contributed by atoms with E-state index in [9.17, 15) is 14.0 Å². The van der Waals surface area contributed by atoms with Gasteiger partial charge in [-0.3, -0.25) is 9.59 Å². The highest BCUT2D eigenvalue weighted by molar-refractivity contribution is 5.89. The Labute approximate surface area is 146 Å². The summed E-state index contributed by atoms with van der Waals surface area (Å²) in [6, 6.07) is 6.22. The molecule has 1 N–H and O–H groups in total. The summed E-state index contributed by atoms with van der Waals surface area (Å²) in [4.78, 5) is 26.7. The molecule has 2 aliphatic heterocycles. The van der Waals surface area contributed by atoms with Crippen molar-refractivity contribution in [2.24, 2.45) is 5.92 Å². The van der Waals surface area contributed by atoms with Gasteiger partial charge in [-0.1, -0.05) is 12.1 Å². The molecule has 0 aromatic heterocycles. The lowest BCUT2D eigenvalue weighted by molar-refractivity contribution is -0.129. The van der Waals surface area contributed by atoms with Crippen LogP contribution in [0, 0.1) is 11.7 Å². The molecule has 2 saturated heterocycles. The number of nitrogens with zero attached hydrogens (tertiary/aromatic N) is 1. The fourth-order valence-corrected chi connectivity index (χ4v) is 3.84. The maximum atomic E-state index is 13.2. The Balaban J connectivity index is 1.47. The highest BCUT2D eigenvalue weighted by Crippen LogP contribution is 2.33. The number of hydrogen-bond acceptors (Lipinski definition) is 3. The average molecular weight is 346 g/mol. The SMILES string of the molecule is O=C(N[C@H](c1ccc(F)cc1)[C@H]1CCCO1)[C@@H]1CC(=O)N(C2CC2)C1. The number of ether oxygens (including phenoxy) is 1. The number of likely N-dealkylation sites (tertiary alicyclic amines) is 1. The van der Waals surface area contributed by atoms with E-state index in [4.69, 9.17) is 4.74 Å². The molecule has 1 saturated carbocycles. The normalized spacial score (nSPS) is 27.6. The molecule has 0 radical (unpaired) electrons. The Kier molecular flexibility index (Phi) is 4.46. The molecule has 3 fully saturated rings. The summed E-state index contributed by atoms with van der Waals surface area (Å²) in [5.74, 6) is -0.639. The van der Waals surface area contributed by atoms with Crippen LogP contribution in [0.1, 0.15) is 43.7 Å². The molecule has 2 heterocycles. The first kappa shape index (κ1) is 16.5. The molecule has 2 amide bonds. The number of carbonyl (C=O) groups is 2. The number of amides is 2. The zero-order chi connectivity index (χ0) is 17.4. The molecule has 134 valence electrons. The Bertz CT molecular complexity index is 653. The van der Waals surface area contributed by atoms with Crippen molar-refractivity contribution in [3.8, 4) is 0 Å². The van der Waals surface area contributed by atoms with Crippen LogP contribution in [0.25, 0.3) is 0 Å². The van der Waals surface area contributed by atoms with E-state index in [1.165, 1.54) is 12.1 Å². The number of halogens is 1. The van der Waals surface area contributed by atoms with Crippen LogP contribution in [-0.2, 0) is 14.3 Å². The molecule has 4 rings (SSSR count). The van der Waals surface area contributed by atoms with Crippen molar-refractivity contribution < 1.29 is 18.7 Å². The Hall–Kier alpha value is -1.95. The van der Waals surface area contributed by atoms with E-state index in [0.29, 0.717) is 19.2 Å². The predicted molar refractivity (Wildman–Crippen MR) is 89.1 cm³/mol. The van der Waals surface area contributed by atoms with Crippen LogP contribution in [0.2, 0.25) is 0 Å². The van der Waals surface area contributed by atoms with Crippen LogP contribution in [0.15, 0.2) is 24.3 Å². The molecule has 1 aliphatic carbocycles. The van der Waals surface area contributed by atoms with Crippen molar-refractivity contribution in [3.63, 3.8) is 0 Å². The molecule has 1 aromatic rings. The van der Waals surface area contributed by atoms with Crippen molar-refractivity contribution in [2.45, 2.75) is 50.3 Å². The van der Waals surface area contributed by atoms with Crippen molar-refractivity contribution >= 4 is 11.8 Å². The third kappa shape index (κ3) is 3.54. The predicted octanol–water partition coefficient (Wildman–Crippen LogP) is 2.17. The summed E-state index contributed by atoms with van der Waals surface area (Å²) in [5.41, 5.74) is 0.838. The van der Waals surface area contributed by atoms with Gasteiger partial charge in [0, 0.05) is 25.6 Å². The molecule has 0 bridgehead atoms. The fraction of sp³-hybridized carbons (Fsp3) is 0.579. The lowest BCUT2D eigenvalue weighted by Crippen LogP contribution is -2.40. The quantitative estimate of drug-likeness (QED) is 0.889. The van der Waals surface area contributed by atoms with Gasteiger partial charge in [0.15, 0.2) is 0 Å². The van der Waals surface area contributed by atoms with Gasteiger partial charge in [0.25, 0.3) is 0 Å². The van der Waals surface area contributed by atoms with E-state index in [-0.39, 0.29) is 42.1 Å². The average Bonchev–Trinajstić information content (AvgIpc) is 3.15. The minimum atomic E-state index is -0.308. The second kappa shape index (κ2) is 6.75. The molecule has 6 heteroatoms. The summed E-state index contributed by atoms with van der Waals surface area (Å²) in [5, 5.41) is 3.07. The number of benzene rings is 1. The van der Waals surface area contributed by atoms with E-state index in [0.717, 1.165) is 31.2 Å². The lowest BCUT2D eigenvalue weighted by Gasteiger charge is -2.26. The molecule has 0 unspecified atom stereocenters. The van der Waals surface area contributed by atoms with Crippen molar-refractivity contribution in [2.75, 3.05) is 13.2 Å². The Morgan fingerprint density at radius 3 is 2.64 bits per heavy atom. The van der Waals surface area contributed by atoms with Crippen LogP contribution in [-0.4, -0.2) is 42.0 Å². The molecule has 0 spiro atoms. The highest BCUT2D eigenvalue weighted by Gasteiger charge is 2.42. The van der Waals surface area contributed by atoms with Crippen molar-refractivity contribution in [1.82, 2.24) is 10.2 Å². The third-order valence-corrected chi connectivity index (χ3v) is 5.38. The first-order chi connectivity index (χ1) is 12.1. The molecule has 3 aliphatic rings.